The summed E-state index contributed by atoms with van der Waals surface area (Å²) in [4.78, 5) is 19.3. The molecule has 20 heavy (non-hydrogen) atoms. The minimum absolute atomic E-state index is 0.227. The Labute approximate surface area is 126 Å². The summed E-state index contributed by atoms with van der Waals surface area (Å²) in [6.45, 7) is 0. The van der Waals surface area contributed by atoms with Crippen LogP contribution in [0.15, 0.2) is 35.2 Å². The predicted octanol–water partition coefficient (Wildman–Crippen LogP) is 3.42. The quantitative estimate of drug-likeness (QED) is 0.786. The monoisotopic (exact) mass is 349 g/mol. The predicted molar refractivity (Wildman–Crippen MR) is 80.9 cm³/mol. The van der Waals surface area contributed by atoms with Gasteiger partial charge in [0.2, 0.25) is 0 Å². The first-order chi connectivity index (χ1) is 9.63. The van der Waals surface area contributed by atoms with Crippen LogP contribution >= 0.6 is 27.3 Å². The Morgan fingerprint density at radius 3 is 2.90 bits per heavy atom. The third kappa shape index (κ3) is 2.50. The summed E-state index contributed by atoms with van der Waals surface area (Å²) in [5.74, 6) is -0.958. The summed E-state index contributed by atoms with van der Waals surface area (Å²) >= 11 is 4.55. The normalized spacial score (nSPS) is 11.4. The molecular weight excluding hydrogens is 342 g/mol. The van der Waals surface area contributed by atoms with Gasteiger partial charge in [-0.15, -0.1) is 11.3 Å². The Morgan fingerprint density at radius 2 is 2.15 bits per heavy atom. The topological polar surface area (TPSA) is 67.5 Å². The Kier molecular flexibility index (Phi) is 3.37. The minimum Gasteiger partial charge on any atom is -0.477 e. The molecule has 0 aliphatic rings. The Bertz CT molecular complexity index is 822. The molecule has 5 nitrogen and oxygen atoms in total. The van der Waals surface area contributed by atoms with Crippen LogP contribution in [0.3, 0.4) is 0 Å². The molecule has 0 aliphatic heterocycles. The molecule has 7 heteroatoms. The average Bonchev–Trinajstić information content (AvgIpc) is 3.02. The van der Waals surface area contributed by atoms with E-state index in [-0.39, 0.29) is 4.88 Å². The SMILES string of the molecule is O=C(O)c1cnc(C=Cc2cnc3ccc(Br)cn23)s1. The molecular formula is C13H8BrN3O2S. The molecule has 0 bridgehead atoms. The average molecular weight is 350 g/mol. The molecule has 0 saturated carbocycles. The van der Waals surface area contributed by atoms with E-state index in [9.17, 15) is 4.79 Å². The second-order valence-corrected chi connectivity index (χ2v) is 5.94. The molecule has 3 rings (SSSR count). The Hall–Kier alpha value is -1.99. The minimum atomic E-state index is -0.958. The number of fused-ring (bicyclic) bond motifs is 1. The molecule has 0 saturated heterocycles. The first-order valence-corrected chi connectivity index (χ1v) is 7.24. The van der Waals surface area contributed by atoms with E-state index in [4.69, 9.17) is 5.11 Å². The van der Waals surface area contributed by atoms with Crippen LogP contribution < -0.4 is 0 Å². The Morgan fingerprint density at radius 1 is 1.30 bits per heavy atom. The highest BCUT2D eigenvalue weighted by molar-refractivity contribution is 9.10. The van der Waals surface area contributed by atoms with Crippen molar-refractivity contribution in [2.75, 3.05) is 0 Å². The number of aromatic carboxylic acids is 1. The van der Waals surface area contributed by atoms with Crippen molar-refractivity contribution in [3.63, 3.8) is 0 Å². The van der Waals surface area contributed by atoms with Gasteiger partial charge >= 0.3 is 5.97 Å². The van der Waals surface area contributed by atoms with Gasteiger partial charge in [0, 0.05) is 10.7 Å². The molecule has 0 aromatic carbocycles. The molecule has 3 aromatic rings. The summed E-state index contributed by atoms with van der Waals surface area (Å²) in [6, 6.07) is 3.84. The van der Waals surface area contributed by atoms with Crippen LogP contribution in [0.4, 0.5) is 0 Å². The van der Waals surface area contributed by atoms with Crippen molar-refractivity contribution in [2.45, 2.75) is 0 Å². The number of rotatable bonds is 3. The molecule has 100 valence electrons. The summed E-state index contributed by atoms with van der Waals surface area (Å²) < 4.78 is 2.90. The maximum absolute atomic E-state index is 10.8. The molecule has 3 heterocycles. The number of nitrogens with zero attached hydrogens (tertiary/aromatic N) is 3. The fraction of sp³-hybridized carbons (Fsp3) is 0. The van der Waals surface area contributed by atoms with E-state index in [0.29, 0.717) is 5.01 Å². The lowest BCUT2D eigenvalue weighted by Gasteiger charge is -1.97. The number of imidazole rings is 1. The number of thiazole rings is 1. The van der Waals surface area contributed by atoms with Crippen LogP contribution in [0.1, 0.15) is 20.4 Å². The van der Waals surface area contributed by atoms with Gasteiger partial charge in [0.15, 0.2) is 0 Å². The van der Waals surface area contributed by atoms with E-state index in [1.807, 2.05) is 28.8 Å². The number of halogens is 1. The van der Waals surface area contributed by atoms with Crippen molar-refractivity contribution in [1.82, 2.24) is 14.4 Å². The van der Waals surface area contributed by atoms with Gasteiger partial charge < -0.3 is 5.11 Å². The molecule has 0 spiro atoms. The van der Waals surface area contributed by atoms with E-state index in [1.165, 1.54) is 6.20 Å². The summed E-state index contributed by atoms with van der Waals surface area (Å²) in [7, 11) is 0. The van der Waals surface area contributed by atoms with Gasteiger partial charge in [-0.2, -0.15) is 0 Å². The number of aromatic nitrogens is 3. The molecule has 0 unspecified atom stereocenters. The molecule has 0 radical (unpaired) electrons. The van der Waals surface area contributed by atoms with Crippen molar-refractivity contribution in [3.05, 3.63) is 50.8 Å². The number of carboxylic acid groups (broad SMARTS) is 1. The zero-order valence-electron chi connectivity index (χ0n) is 10.0. The van der Waals surface area contributed by atoms with Crippen LogP contribution in [0.25, 0.3) is 17.8 Å². The first-order valence-electron chi connectivity index (χ1n) is 5.63. The van der Waals surface area contributed by atoms with Crippen molar-refractivity contribution in [3.8, 4) is 0 Å². The van der Waals surface area contributed by atoms with Gasteiger partial charge in [0.1, 0.15) is 15.5 Å². The fourth-order valence-electron chi connectivity index (χ4n) is 1.72. The largest absolute Gasteiger partial charge is 0.477 e. The van der Waals surface area contributed by atoms with E-state index in [0.717, 1.165) is 27.2 Å². The summed E-state index contributed by atoms with van der Waals surface area (Å²) in [5, 5.41) is 9.49. The molecule has 0 amide bonds. The second-order valence-electron chi connectivity index (χ2n) is 3.96. The van der Waals surface area contributed by atoms with Crippen LogP contribution in [0.5, 0.6) is 0 Å². The number of hydrogen-bond acceptors (Lipinski definition) is 4. The molecule has 3 aromatic heterocycles. The van der Waals surface area contributed by atoms with Crippen molar-refractivity contribution >= 4 is 51.0 Å². The van der Waals surface area contributed by atoms with E-state index in [2.05, 4.69) is 25.9 Å². The van der Waals surface area contributed by atoms with Gasteiger partial charge in [0.25, 0.3) is 0 Å². The van der Waals surface area contributed by atoms with Crippen molar-refractivity contribution in [1.29, 1.82) is 0 Å². The number of hydrogen-bond donors (Lipinski definition) is 1. The summed E-state index contributed by atoms with van der Waals surface area (Å²) in [6.07, 6.45) is 8.67. The lowest BCUT2D eigenvalue weighted by molar-refractivity contribution is 0.0702. The zero-order chi connectivity index (χ0) is 14.1. The number of carbonyl (C=O) groups is 1. The van der Waals surface area contributed by atoms with Crippen LogP contribution in [0.2, 0.25) is 0 Å². The maximum Gasteiger partial charge on any atom is 0.347 e. The third-order valence-corrected chi connectivity index (χ3v) is 4.05. The Balaban J connectivity index is 1.93. The lowest BCUT2D eigenvalue weighted by atomic mass is 10.4. The van der Waals surface area contributed by atoms with E-state index in [1.54, 1.807) is 12.3 Å². The van der Waals surface area contributed by atoms with Crippen molar-refractivity contribution in [2.24, 2.45) is 0 Å². The zero-order valence-corrected chi connectivity index (χ0v) is 12.4. The van der Waals surface area contributed by atoms with E-state index >= 15 is 0 Å². The van der Waals surface area contributed by atoms with E-state index < -0.39 is 5.97 Å². The van der Waals surface area contributed by atoms with Gasteiger partial charge in [0.05, 0.1) is 18.1 Å². The third-order valence-electron chi connectivity index (χ3n) is 2.63. The molecule has 0 fully saturated rings. The maximum atomic E-state index is 10.8. The standard InChI is InChI=1S/C13H8BrN3O2S/c14-8-1-3-11-15-5-9(17(11)7-8)2-4-12-16-6-10(20-12)13(18)19/h1-7H,(H,18,19). The molecule has 0 atom stereocenters. The summed E-state index contributed by atoms with van der Waals surface area (Å²) in [5.41, 5.74) is 1.74. The fourth-order valence-corrected chi connectivity index (χ4v) is 2.71. The van der Waals surface area contributed by atoms with Gasteiger partial charge in [-0.1, -0.05) is 0 Å². The van der Waals surface area contributed by atoms with Crippen LogP contribution in [0, 0.1) is 0 Å². The van der Waals surface area contributed by atoms with Gasteiger partial charge in [-0.05, 0) is 40.2 Å². The number of carboxylic acids is 1. The second kappa shape index (κ2) is 5.18. The highest BCUT2D eigenvalue weighted by atomic mass is 79.9. The molecule has 0 aliphatic carbocycles. The highest BCUT2D eigenvalue weighted by Crippen LogP contribution is 2.18. The first kappa shape index (κ1) is 13.0. The van der Waals surface area contributed by atoms with Crippen LogP contribution in [-0.2, 0) is 0 Å². The smallest absolute Gasteiger partial charge is 0.347 e. The number of pyridine rings is 1. The van der Waals surface area contributed by atoms with Crippen molar-refractivity contribution < 1.29 is 9.90 Å². The van der Waals surface area contributed by atoms with Gasteiger partial charge in [-0.25, -0.2) is 14.8 Å². The lowest BCUT2D eigenvalue weighted by Crippen LogP contribution is -1.89. The molecule has 1 N–H and O–H groups in total. The van der Waals surface area contributed by atoms with Crippen LogP contribution in [-0.4, -0.2) is 25.4 Å². The highest BCUT2D eigenvalue weighted by Gasteiger charge is 2.06. The van der Waals surface area contributed by atoms with Gasteiger partial charge in [-0.3, -0.25) is 4.40 Å².